The van der Waals surface area contributed by atoms with Crippen LogP contribution in [0.4, 0.5) is 10.7 Å². The number of hydrogen-bond acceptors (Lipinski definition) is 4. The average Bonchev–Trinajstić information content (AvgIpc) is 3.16. The number of hydrogen-bond donors (Lipinski definition) is 1. The molecule has 0 bridgehead atoms. The predicted octanol–water partition coefficient (Wildman–Crippen LogP) is 2.77. The summed E-state index contributed by atoms with van der Waals surface area (Å²) in [5.41, 5.74) is 6.63. The number of anilines is 2. The molecular formula is C13H18N2OS. The fraction of sp³-hybridized carbons (Fsp3) is 0.615. The van der Waals surface area contributed by atoms with Crippen LogP contribution in [0.3, 0.4) is 0 Å². The van der Waals surface area contributed by atoms with E-state index in [4.69, 9.17) is 5.73 Å². The number of nitrogens with zero attached hydrogens (tertiary/aromatic N) is 1. The standard InChI is InChI=1S/C13H18N2OS/c1-15(7-8-2-3-8)11-6-10(14)13(17-11)12(16)9-4-5-9/h6,8-9H,2-5,7,14H2,1H3. The smallest absolute Gasteiger partial charge is 0.178 e. The van der Waals surface area contributed by atoms with Crippen molar-refractivity contribution in [1.82, 2.24) is 0 Å². The van der Waals surface area contributed by atoms with Crippen LogP contribution < -0.4 is 10.6 Å². The Morgan fingerprint density at radius 3 is 2.76 bits per heavy atom. The van der Waals surface area contributed by atoms with Gasteiger partial charge >= 0.3 is 0 Å². The fourth-order valence-electron chi connectivity index (χ4n) is 2.08. The molecule has 0 unspecified atom stereocenters. The first kappa shape index (κ1) is 11.1. The molecule has 3 nitrogen and oxygen atoms in total. The monoisotopic (exact) mass is 250 g/mol. The zero-order valence-corrected chi connectivity index (χ0v) is 10.9. The highest BCUT2D eigenvalue weighted by atomic mass is 32.1. The van der Waals surface area contributed by atoms with Crippen LogP contribution in [0, 0.1) is 11.8 Å². The van der Waals surface area contributed by atoms with Gasteiger partial charge in [-0.05, 0) is 37.7 Å². The summed E-state index contributed by atoms with van der Waals surface area (Å²) in [6, 6.07) is 1.96. The van der Waals surface area contributed by atoms with Gasteiger partial charge in [0, 0.05) is 19.5 Å². The van der Waals surface area contributed by atoms with Crippen LogP contribution in [0.5, 0.6) is 0 Å². The molecule has 3 rings (SSSR count). The molecule has 0 saturated heterocycles. The second-order valence-electron chi connectivity index (χ2n) is 5.33. The Labute approximate surface area is 106 Å². The Morgan fingerprint density at radius 2 is 2.18 bits per heavy atom. The molecule has 1 aromatic heterocycles. The van der Waals surface area contributed by atoms with Gasteiger partial charge in [-0.3, -0.25) is 4.79 Å². The minimum atomic E-state index is 0.262. The van der Waals surface area contributed by atoms with Crippen LogP contribution in [0.2, 0.25) is 0 Å². The predicted molar refractivity (Wildman–Crippen MR) is 71.8 cm³/mol. The largest absolute Gasteiger partial charge is 0.397 e. The van der Waals surface area contributed by atoms with Gasteiger partial charge in [0.25, 0.3) is 0 Å². The summed E-state index contributed by atoms with van der Waals surface area (Å²) < 4.78 is 0. The Bertz CT molecular complexity index is 446. The van der Waals surface area contributed by atoms with Gasteiger partial charge in [-0.15, -0.1) is 11.3 Å². The highest BCUT2D eigenvalue weighted by molar-refractivity contribution is 7.18. The SMILES string of the molecule is CN(CC1CC1)c1cc(N)c(C(=O)C2CC2)s1. The van der Waals surface area contributed by atoms with Crippen LogP contribution in [-0.2, 0) is 0 Å². The molecule has 2 fully saturated rings. The van der Waals surface area contributed by atoms with Gasteiger partial charge in [-0.25, -0.2) is 0 Å². The van der Waals surface area contributed by atoms with Gasteiger partial charge in [0.15, 0.2) is 5.78 Å². The summed E-state index contributed by atoms with van der Waals surface area (Å²) in [6.45, 7) is 1.09. The van der Waals surface area contributed by atoms with E-state index >= 15 is 0 Å². The van der Waals surface area contributed by atoms with Crippen molar-refractivity contribution in [2.24, 2.45) is 11.8 Å². The molecule has 2 saturated carbocycles. The molecule has 0 aromatic carbocycles. The Kier molecular flexibility index (Phi) is 2.62. The number of rotatable bonds is 5. The topological polar surface area (TPSA) is 46.3 Å². The van der Waals surface area contributed by atoms with Crippen molar-refractivity contribution in [1.29, 1.82) is 0 Å². The van der Waals surface area contributed by atoms with Crippen molar-refractivity contribution in [3.63, 3.8) is 0 Å². The summed E-state index contributed by atoms with van der Waals surface area (Å²) in [5.74, 6) is 1.38. The molecule has 2 N–H and O–H groups in total. The van der Waals surface area contributed by atoms with Gasteiger partial charge in [-0.2, -0.15) is 0 Å². The number of Topliss-reactive ketones (excluding diaryl/α,β-unsaturated/α-hetero) is 1. The minimum absolute atomic E-state index is 0.262. The van der Waals surface area contributed by atoms with Crippen molar-refractivity contribution in [2.75, 3.05) is 24.2 Å². The second kappa shape index (κ2) is 4.02. The molecule has 0 atom stereocenters. The lowest BCUT2D eigenvalue weighted by Crippen LogP contribution is -2.18. The third-order valence-corrected chi connectivity index (χ3v) is 4.80. The highest BCUT2D eigenvalue weighted by Gasteiger charge is 2.33. The zero-order valence-electron chi connectivity index (χ0n) is 10.1. The molecule has 17 heavy (non-hydrogen) atoms. The Morgan fingerprint density at radius 1 is 1.47 bits per heavy atom. The van der Waals surface area contributed by atoms with Crippen molar-refractivity contribution < 1.29 is 4.79 Å². The zero-order chi connectivity index (χ0) is 12.0. The van der Waals surface area contributed by atoms with E-state index in [0.717, 1.165) is 35.2 Å². The lowest BCUT2D eigenvalue weighted by molar-refractivity contribution is 0.0972. The van der Waals surface area contributed by atoms with E-state index < -0.39 is 0 Å². The quantitative estimate of drug-likeness (QED) is 0.817. The van der Waals surface area contributed by atoms with Crippen LogP contribution in [0.25, 0.3) is 0 Å². The van der Waals surface area contributed by atoms with E-state index in [1.807, 2.05) is 6.07 Å². The van der Waals surface area contributed by atoms with E-state index in [-0.39, 0.29) is 11.7 Å². The molecule has 1 heterocycles. The minimum Gasteiger partial charge on any atom is -0.397 e. The van der Waals surface area contributed by atoms with E-state index in [2.05, 4.69) is 11.9 Å². The van der Waals surface area contributed by atoms with Crippen LogP contribution >= 0.6 is 11.3 Å². The molecule has 0 amide bonds. The molecule has 2 aliphatic rings. The first-order valence-corrected chi connectivity index (χ1v) is 7.11. The summed E-state index contributed by atoms with van der Waals surface area (Å²) in [6.07, 6.45) is 4.78. The molecule has 2 aliphatic carbocycles. The van der Waals surface area contributed by atoms with Gasteiger partial charge in [0.1, 0.15) is 0 Å². The molecule has 0 radical (unpaired) electrons. The van der Waals surface area contributed by atoms with Crippen molar-refractivity contribution >= 4 is 27.8 Å². The summed E-state index contributed by atoms with van der Waals surface area (Å²) in [7, 11) is 2.09. The first-order chi connectivity index (χ1) is 8.15. The molecular weight excluding hydrogens is 232 g/mol. The average molecular weight is 250 g/mol. The van der Waals surface area contributed by atoms with Crippen LogP contribution in [0.15, 0.2) is 6.07 Å². The molecule has 1 aromatic rings. The Hall–Kier alpha value is -1.03. The molecule has 92 valence electrons. The third-order valence-electron chi connectivity index (χ3n) is 3.52. The number of ketones is 1. The summed E-state index contributed by atoms with van der Waals surface area (Å²) in [4.78, 5) is 15.0. The number of nitrogens with two attached hydrogens (primary N) is 1. The van der Waals surface area contributed by atoms with E-state index in [0.29, 0.717) is 5.69 Å². The first-order valence-electron chi connectivity index (χ1n) is 6.30. The molecule has 4 heteroatoms. The number of carbonyl (C=O) groups excluding carboxylic acids is 1. The van der Waals surface area contributed by atoms with Crippen molar-refractivity contribution in [2.45, 2.75) is 25.7 Å². The van der Waals surface area contributed by atoms with E-state index in [1.54, 1.807) is 11.3 Å². The Balaban J connectivity index is 1.76. The maximum Gasteiger partial charge on any atom is 0.178 e. The highest BCUT2D eigenvalue weighted by Crippen LogP contribution is 2.40. The number of thiophene rings is 1. The van der Waals surface area contributed by atoms with Gasteiger partial charge < -0.3 is 10.6 Å². The van der Waals surface area contributed by atoms with Gasteiger partial charge in [0.05, 0.1) is 15.6 Å². The fourth-order valence-corrected chi connectivity index (χ4v) is 3.15. The van der Waals surface area contributed by atoms with E-state index in [1.165, 1.54) is 12.8 Å². The van der Waals surface area contributed by atoms with Crippen molar-refractivity contribution in [3.8, 4) is 0 Å². The summed E-state index contributed by atoms with van der Waals surface area (Å²) in [5, 5.41) is 1.14. The summed E-state index contributed by atoms with van der Waals surface area (Å²) >= 11 is 1.57. The normalized spacial score (nSPS) is 19.4. The van der Waals surface area contributed by atoms with Gasteiger partial charge in [-0.1, -0.05) is 0 Å². The van der Waals surface area contributed by atoms with Gasteiger partial charge in [0.2, 0.25) is 0 Å². The van der Waals surface area contributed by atoms with E-state index in [9.17, 15) is 4.79 Å². The van der Waals surface area contributed by atoms with Crippen LogP contribution in [0.1, 0.15) is 35.4 Å². The van der Waals surface area contributed by atoms with Crippen LogP contribution in [-0.4, -0.2) is 19.4 Å². The second-order valence-corrected chi connectivity index (χ2v) is 6.36. The molecule has 0 spiro atoms. The van der Waals surface area contributed by atoms with Crippen molar-refractivity contribution in [3.05, 3.63) is 10.9 Å². The number of nitrogen functional groups attached to an aromatic ring is 1. The maximum absolute atomic E-state index is 12.0. The number of carbonyl (C=O) groups is 1. The third kappa shape index (κ3) is 2.32. The lowest BCUT2D eigenvalue weighted by Gasteiger charge is -2.15. The lowest BCUT2D eigenvalue weighted by atomic mass is 10.2. The maximum atomic E-state index is 12.0. The molecule has 0 aliphatic heterocycles.